The number of carbonyl (C=O) groups is 1. The Kier molecular flexibility index (Phi) is 5.50. The fraction of sp³-hybridized carbons (Fsp3) is 0.350. The Labute approximate surface area is 170 Å². The van der Waals surface area contributed by atoms with Gasteiger partial charge in [0, 0.05) is 22.9 Å². The normalized spacial score (nSPS) is 17.3. The van der Waals surface area contributed by atoms with Gasteiger partial charge < -0.3 is 10.2 Å². The van der Waals surface area contributed by atoms with Crippen molar-refractivity contribution in [1.29, 1.82) is 0 Å². The molecule has 0 unspecified atom stereocenters. The monoisotopic (exact) mass is 423 g/mol. The Morgan fingerprint density at radius 2 is 2.07 bits per heavy atom. The summed E-state index contributed by atoms with van der Waals surface area (Å²) in [7, 11) is 0. The molecule has 1 aromatic carbocycles. The van der Waals surface area contributed by atoms with Crippen LogP contribution in [0.15, 0.2) is 35.7 Å². The van der Waals surface area contributed by atoms with Crippen LogP contribution in [0.4, 0.5) is 4.39 Å². The van der Waals surface area contributed by atoms with Crippen molar-refractivity contribution in [3.8, 4) is 0 Å². The molecule has 1 amide bonds. The van der Waals surface area contributed by atoms with Gasteiger partial charge in [-0.1, -0.05) is 17.7 Å². The zero-order valence-corrected chi connectivity index (χ0v) is 17.3. The van der Waals surface area contributed by atoms with Crippen molar-refractivity contribution < 1.29 is 14.1 Å². The van der Waals surface area contributed by atoms with Crippen molar-refractivity contribution in [2.24, 2.45) is 0 Å². The quantitative estimate of drug-likeness (QED) is 0.630. The summed E-state index contributed by atoms with van der Waals surface area (Å²) < 4.78 is 14.2. The highest BCUT2D eigenvalue weighted by molar-refractivity contribution is 7.21. The van der Waals surface area contributed by atoms with Crippen molar-refractivity contribution in [2.45, 2.75) is 31.8 Å². The molecule has 3 aromatic rings. The minimum Gasteiger partial charge on any atom is -0.342 e. The van der Waals surface area contributed by atoms with Gasteiger partial charge in [-0.05, 0) is 36.6 Å². The van der Waals surface area contributed by atoms with Crippen LogP contribution in [0, 0.1) is 5.82 Å². The van der Waals surface area contributed by atoms with E-state index in [0.717, 1.165) is 18.5 Å². The molecule has 0 aliphatic carbocycles. The summed E-state index contributed by atoms with van der Waals surface area (Å²) in [5.74, 6) is -0.509. The lowest BCUT2D eigenvalue weighted by Crippen LogP contribution is -3.11. The van der Waals surface area contributed by atoms with Crippen molar-refractivity contribution >= 4 is 50.3 Å². The minimum absolute atomic E-state index is 0.0257. The summed E-state index contributed by atoms with van der Waals surface area (Å²) in [6.07, 6.45) is 2.46. The number of hydrogen-bond donors (Lipinski definition) is 2. The highest BCUT2D eigenvalue weighted by Crippen LogP contribution is 2.35. The van der Waals surface area contributed by atoms with Crippen molar-refractivity contribution in [3.63, 3.8) is 0 Å². The average Bonchev–Trinajstić information content (AvgIpc) is 3.37. The van der Waals surface area contributed by atoms with Crippen molar-refractivity contribution in [3.05, 3.63) is 56.3 Å². The topological polar surface area (TPSA) is 33.5 Å². The number of hydrogen-bond acceptors (Lipinski definition) is 3. The summed E-state index contributed by atoms with van der Waals surface area (Å²) in [4.78, 5) is 16.2. The number of halogens is 2. The van der Waals surface area contributed by atoms with Gasteiger partial charge in [-0.2, -0.15) is 0 Å². The molecule has 7 heteroatoms. The van der Waals surface area contributed by atoms with E-state index in [9.17, 15) is 9.18 Å². The minimum atomic E-state index is -0.323. The van der Waals surface area contributed by atoms with E-state index in [2.05, 4.69) is 29.8 Å². The third-order valence-electron chi connectivity index (χ3n) is 5.19. The number of amides is 1. The second kappa shape index (κ2) is 7.87. The van der Waals surface area contributed by atoms with E-state index >= 15 is 0 Å². The molecule has 2 atom stereocenters. The molecule has 0 spiro atoms. The zero-order chi connectivity index (χ0) is 19.0. The van der Waals surface area contributed by atoms with Crippen LogP contribution in [0.5, 0.6) is 0 Å². The molecule has 0 bridgehead atoms. The molecule has 1 saturated heterocycles. The van der Waals surface area contributed by atoms with Crippen LogP contribution in [0.25, 0.3) is 10.1 Å². The van der Waals surface area contributed by atoms with Gasteiger partial charge in [0.25, 0.3) is 5.91 Å². The first-order valence-electron chi connectivity index (χ1n) is 9.11. The molecule has 0 saturated carbocycles. The lowest BCUT2D eigenvalue weighted by Gasteiger charge is -2.29. The number of fused-ring (bicyclic) bond motifs is 1. The van der Waals surface area contributed by atoms with Gasteiger partial charge in [-0.3, -0.25) is 4.79 Å². The van der Waals surface area contributed by atoms with E-state index < -0.39 is 0 Å². The fourth-order valence-electron chi connectivity index (χ4n) is 3.95. The average molecular weight is 424 g/mol. The van der Waals surface area contributed by atoms with Crippen molar-refractivity contribution in [2.75, 3.05) is 13.1 Å². The Hall–Kier alpha value is -1.47. The van der Waals surface area contributed by atoms with Crippen LogP contribution in [0.3, 0.4) is 0 Å². The fourth-order valence-corrected chi connectivity index (χ4v) is 6.38. The van der Waals surface area contributed by atoms with Crippen LogP contribution in [0.2, 0.25) is 5.02 Å². The zero-order valence-electron chi connectivity index (χ0n) is 14.9. The molecule has 1 aliphatic heterocycles. The molecular weight excluding hydrogens is 403 g/mol. The SMILES string of the molecule is C[C@@H](NC(=O)c1sc2cc(F)ccc2c1Cl)[C@H](c1cccs1)[NH+]1CCCC1. The number of quaternary nitrogens is 1. The van der Waals surface area contributed by atoms with Crippen LogP contribution in [-0.2, 0) is 0 Å². The van der Waals surface area contributed by atoms with Crippen LogP contribution < -0.4 is 10.2 Å². The highest BCUT2D eigenvalue weighted by Gasteiger charge is 2.34. The predicted octanol–water partition coefficient (Wildman–Crippen LogP) is 4.29. The molecule has 3 heterocycles. The predicted molar refractivity (Wildman–Crippen MR) is 111 cm³/mol. The van der Waals surface area contributed by atoms with E-state index in [-0.39, 0.29) is 23.8 Å². The first-order valence-corrected chi connectivity index (χ1v) is 11.2. The Balaban J connectivity index is 1.58. The highest BCUT2D eigenvalue weighted by atomic mass is 35.5. The number of benzene rings is 1. The maximum Gasteiger partial charge on any atom is 0.263 e. The van der Waals surface area contributed by atoms with Crippen molar-refractivity contribution in [1.82, 2.24) is 5.32 Å². The molecule has 2 N–H and O–H groups in total. The molecule has 1 fully saturated rings. The van der Waals surface area contributed by atoms with Crippen LogP contribution >= 0.6 is 34.3 Å². The number of carbonyl (C=O) groups excluding carboxylic acids is 1. The lowest BCUT2D eigenvalue weighted by atomic mass is 10.1. The maximum absolute atomic E-state index is 13.5. The van der Waals surface area contributed by atoms with Gasteiger partial charge in [0.1, 0.15) is 16.7 Å². The van der Waals surface area contributed by atoms with E-state index in [4.69, 9.17) is 11.6 Å². The second-order valence-electron chi connectivity index (χ2n) is 7.01. The molecule has 0 radical (unpaired) electrons. The summed E-state index contributed by atoms with van der Waals surface area (Å²) in [5, 5.41) is 6.37. The van der Waals surface area contributed by atoms with E-state index in [1.54, 1.807) is 17.4 Å². The molecule has 1 aliphatic rings. The number of nitrogens with one attached hydrogen (secondary N) is 2. The Bertz CT molecular complexity index is 950. The number of rotatable bonds is 5. The molecule has 27 heavy (non-hydrogen) atoms. The van der Waals surface area contributed by atoms with Gasteiger partial charge in [0.2, 0.25) is 0 Å². The largest absolute Gasteiger partial charge is 0.342 e. The summed E-state index contributed by atoms with van der Waals surface area (Å²) >= 11 is 9.40. The first kappa shape index (κ1) is 18.9. The Morgan fingerprint density at radius 1 is 1.30 bits per heavy atom. The molecular formula is C20H21ClFN2OS2+. The van der Waals surface area contributed by atoms with Gasteiger partial charge >= 0.3 is 0 Å². The summed E-state index contributed by atoms with van der Waals surface area (Å²) in [6, 6.07) is 8.85. The number of thiophene rings is 2. The van der Waals surface area contributed by atoms with E-state index in [0.29, 0.717) is 14.6 Å². The maximum atomic E-state index is 13.5. The van der Waals surface area contributed by atoms with Gasteiger partial charge in [0.05, 0.1) is 29.0 Å². The molecule has 142 valence electrons. The molecule has 3 nitrogen and oxygen atoms in total. The van der Waals surface area contributed by atoms with E-state index in [1.807, 2.05) is 0 Å². The van der Waals surface area contributed by atoms with Gasteiger partial charge in [-0.25, -0.2) is 4.39 Å². The van der Waals surface area contributed by atoms with Gasteiger partial charge in [-0.15, -0.1) is 22.7 Å². The number of likely N-dealkylation sites (tertiary alicyclic amines) is 1. The van der Waals surface area contributed by atoms with Gasteiger partial charge in [0.15, 0.2) is 0 Å². The molecule has 4 rings (SSSR count). The van der Waals surface area contributed by atoms with Crippen LogP contribution in [-0.4, -0.2) is 25.0 Å². The van der Waals surface area contributed by atoms with E-state index in [1.165, 1.54) is 46.1 Å². The lowest BCUT2D eigenvalue weighted by molar-refractivity contribution is -0.920. The van der Waals surface area contributed by atoms with Crippen LogP contribution in [0.1, 0.15) is 40.4 Å². The molecule has 2 aromatic heterocycles. The smallest absolute Gasteiger partial charge is 0.263 e. The third-order valence-corrected chi connectivity index (χ3v) is 7.80. The second-order valence-corrected chi connectivity index (χ2v) is 9.42. The third kappa shape index (κ3) is 3.76. The Morgan fingerprint density at radius 3 is 2.78 bits per heavy atom. The summed E-state index contributed by atoms with van der Waals surface area (Å²) in [6.45, 7) is 4.33. The first-order chi connectivity index (χ1) is 13.0. The summed E-state index contributed by atoms with van der Waals surface area (Å²) in [5.41, 5.74) is 0. The standard InChI is InChI=1S/C20H20ClFN2OS2/c1-12(18(15-5-4-10-26-15)24-8-2-3-9-24)23-20(25)19-17(21)14-7-6-13(22)11-16(14)27-19/h4-7,10-12,18H,2-3,8-9H2,1H3,(H,23,25)/p+1/t12-,18-/m1/s1.